The van der Waals surface area contributed by atoms with Crippen molar-refractivity contribution in [3.05, 3.63) is 24.3 Å². The Hall–Kier alpha value is -0.258. The Bertz CT molecular complexity index is 140. The van der Waals surface area contributed by atoms with Gasteiger partial charge in [-0.25, -0.2) is 0 Å². The van der Waals surface area contributed by atoms with Crippen LogP contribution in [0, 0.1) is 13.3 Å². The summed E-state index contributed by atoms with van der Waals surface area (Å²) in [4.78, 5) is 7.30. The molecule has 0 aromatic carbocycles. The summed E-state index contributed by atoms with van der Waals surface area (Å²) in [6.45, 7) is 1.94. The SMILES string of the molecule is Cc1cn[c-]nc1.[Re]. The number of aryl methyl sites for hydroxylation is 1. The molecule has 1 radical (unpaired) electrons. The van der Waals surface area contributed by atoms with Crippen molar-refractivity contribution in [1.29, 1.82) is 0 Å². The van der Waals surface area contributed by atoms with Crippen molar-refractivity contribution >= 4 is 0 Å². The molecular weight excluding hydrogens is 274 g/mol. The second kappa shape index (κ2) is 3.71. The monoisotopic (exact) mass is 280 g/mol. The zero-order valence-electron chi connectivity index (χ0n) is 4.43. The molecule has 0 aliphatic rings. The number of hydrogen-bond donors (Lipinski definition) is 0. The minimum absolute atomic E-state index is 0. The average molecular weight is 279 g/mol. The van der Waals surface area contributed by atoms with Crippen molar-refractivity contribution in [2.24, 2.45) is 0 Å². The number of rotatable bonds is 0. The molecule has 0 aliphatic carbocycles. The molecule has 0 aliphatic heterocycles. The van der Waals surface area contributed by atoms with Crippen molar-refractivity contribution in [2.75, 3.05) is 0 Å². The first kappa shape index (κ1) is 7.74. The molecule has 0 spiro atoms. The molecule has 0 N–H and O–H groups in total. The molecule has 1 rings (SSSR count). The molecule has 0 bridgehead atoms. The normalized spacial score (nSPS) is 7.62. The molecule has 0 fully saturated rings. The first-order valence-corrected chi connectivity index (χ1v) is 2.04. The van der Waals surface area contributed by atoms with E-state index in [0.717, 1.165) is 5.56 Å². The maximum absolute atomic E-state index is 3.65. The van der Waals surface area contributed by atoms with Gasteiger partial charge in [0.1, 0.15) is 0 Å². The van der Waals surface area contributed by atoms with Gasteiger partial charge in [0, 0.05) is 26.8 Å². The predicted molar refractivity (Wildman–Crippen MR) is 25.6 cm³/mol. The quantitative estimate of drug-likeness (QED) is 0.649. The van der Waals surface area contributed by atoms with E-state index >= 15 is 0 Å². The van der Waals surface area contributed by atoms with E-state index in [9.17, 15) is 0 Å². The van der Waals surface area contributed by atoms with Gasteiger partial charge in [-0.15, -0.1) is 5.56 Å². The van der Waals surface area contributed by atoms with Crippen LogP contribution in [0.2, 0.25) is 0 Å². The number of hydrogen-bond acceptors (Lipinski definition) is 2. The largest absolute Gasteiger partial charge is 0.374 e. The molecule has 2 nitrogen and oxygen atoms in total. The molecule has 0 amide bonds. The maximum atomic E-state index is 3.65. The van der Waals surface area contributed by atoms with Crippen LogP contribution in [0.1, 0.15) is 5.56 Å². The van der Waals surface area contributed by atoms with Crippen molar-refractivity contribution < 1.29 is 20.4 Å². The van der Waals surface area contributed by atoms with Crippen molar-refractivity contribution in [3.63, 3.8) is 0 Å². The van der Waals surface area contributed by atoms with E-state index in [1.54, 1.807) is 12.4 Å². The summed E-state index contributed by atoms with van der Waals surface area (Å²) >= 11 is 0. The van der Waals surface area contributed by atoms with E-state index in [4.69, 9.17) is 0 Å². The van der Waals surface area contributed by atoms with Gasteiger partial charge >= 0.3 is 0 Å². The third kappa shape index (κ3) is 2.15. The van der Waals surface area contributed by atoms with Gasteiger partial charge in [0.05, 0.1) is 0 Å². The van der Waals surface area contributed by atoms with Crippen LogP contribution in [0.5, 0.6) is 0 Å². The zero-order valence-corrected chi connectivity index (χ0v) is 7.14. The first-order chi connectivity index (χ1) is 3.39. The fraction of sp³-hybridized carbons (Fsp3) is 0.200. The first-order valence-electron chi connectivity index (χ1n) is 2.04. The van der Waals surface area contributed by atoms with Gasteiger partial charge in [0.15, 0.2) is 0 Å². The molecule has 0 atom stereocenters. The van der Waals surface area contributed by atoms with Gasteiger partial charge in [-0.2, -0.15) is 0 Å². The van der Waals surface area contributed by atoms with Gasteiger partial charge in [0.2, 0.25) is 0 Å². The molecule has 0 saturated heterocycles. The summed E-state index contributed by atoms with van der Waals surface area (Å²) < 4.78 is 0. The maximum Gasteiger partial charge on any atom is 0.0213 e. The Morgan fingerprint density at radius 2 is 1.88 bits per heavy atom. The van der Waals surface area contributed by atoms with Crippen LogP contribution in [0.3, 0.4) is 0 Å². The molecule has 43 valence electrons. The molecule has 1 aromatic heterocycles. The second-order valence-corrected chi connectivity index (χ2v) is 1.36. The summed E-state index contributed by atoms with van der Waals surface area (Å²) in [6.07, 6.45) is 5.86. The third-order valence-electron chi connectivity index (χ3n) is 0.652. The Morgan fingerprint density at radius 3 is 2.12 bits per heavy atom. The Labute approximate surface area is 62.0 Å². The number of aromatic nitrogens is 2. The van der Waals surface area contributed by atoms with Crippen LogP contribution in [0.4, 0.5) is 0 Å². The van der Waals surface area contributed by atoms with E-state index in [0.29, 0.717) is 0 Å². The molecule has 1 heterocycles. The molecule has 0 unspecified atom stereocenters. The predicted octanol–water partition coefficient (Wildman–Crippen LogP) is 0.583. The third-order valence-corrected chi connectivity index (χ3v) is 0.652. The van der Waals surface area contributed by atoms with Crippen molar-refractivity contribution in [3.8, 4) is 0 Å². The fourth-order valence-electron chi connectivity index (χ4n) is 0.328. The van der Waals surface area contributed by atoms with E-state index in [2.05, 4.69) is 16.3 Å². The average Bonchev–Trinajstić information content (AvgIpc) is 1.69. The zero-order chi connectivity index (χ0) is 5.11. The van der Waals surface area contributed by atoms with Crippen LogP contribution in [-0.4, -0.2) is 9.97 Å². The van der Waals surface area contributed by atoms with E-state index in [-0.39, 0.29) is 20.4 Å². The Kier molecular flexibility index (Phi) is 3.59. The van der Waals surface area contributed by atoms with Crippen molar-refractivity contribution in [1.82, 2.24) is 9.97 Å². The van der Waals surface area contributed by atoms with E-state index in [1.165, 1.54) is 0 Å². The summed E-state index contributed by atoms with van der Waals surface area (Å²) in [6, 6.07) is 0. The second-order valence-electron chi connectivity index (χ2n) is 1.36. The van der Waals surface area contributed by atoms with Gasteiger partial charge < -0.3 is 9.97 Å². The summed E-state index contributed by atoms with van der Waals surface area (Å²) in [5.74, 6) is 0. The fourth-order valence-corrected chi connectivity index (χ4v) is 0.328. The van der Waals surface area contributed by atoms with Gasteiger partial charge in [0.25, 0.3) is 0 Å². The van der Waals surface area contributed by atoms with Crippen LogP contribution in [-0.2, 0) is 20.4 Å². The Morgan fingerprint density at radius 1 is 1.38 bits per heavy atom. The van der Waals surface area contributed by atoms with Crippen molar-refractivity contribution in [2.45, 2.75) is 6.92 Å². The summed E-state index contributed by atoms with van der Waals surface area (Å²) in [7, 11) is 0. The van der Waals surface area contributed by atoms with Crippen LogP contribution < -0.4 is 0 Å². The van der Waals surface area contributed by atoms with E-state index < -0.39 is 0 Å². The van der Waals surface area contributed by atoms with Gasteiger partial charge in [-0.05, 0) is 0 Å². The molecule has 3 heteroatoms. The van der Waals surface area contributed by atoms with Crippen LogP contribution >= 0.6 is 0 Å². The molecule has 8 heavy (non-hydrogen) atoms. The summed E-state index contributed by atoms with van der Waals surface area (Å²) in [5.41, 5.74) is 1.07. The van der Waals surface area contributed by atoms with Crippen LogP contribution in [0.25, 0.3) is 0 Å². The molecule has 1 aromatic rings. The molecule has 0 saturated carbocycles. The number of nitrogens with zero attached hydrogens (tertiary/aromatic N) is 2. The smallest absolute Gasteiger partial charge is 0.0213 e. The standard InChI is InChI=1S/C5H5N2.Re/c1-5-2-6-4-7-3-5;/h2-3H,1H3;/q-1;. The van der Waals surface area contributed by atoms with Crippen LogP contribution in [0.15, 0.2) is 12.4 Å². The van der Waals surface area contributed by atoms with E-state index in [1.807, 2.05) is 6.92 Å². The van der Waals surface area contributed by atoms with Gasteiger partial charge in [-0.3, -0.25) is 0 Å². The minimum atomic E-state index is 0. The summed E-state index contributed by atoms with van der Waals surface area (Å²) in [5, 5.41) is 0. The topological polar surface area (TPSA) is 25.8 Å². The van der Waals surface area contributed by atoms with Gasteiger partial charge in [-0.1, -0.05) is 19.3 Å². The molecular formula is C5H5N2Re-. The minimum Gasteiger partial charge on any atom is -0.374 e. The Balaban J connectivity index is 0.000000490.